The number of sulfonamides is 1. The Labute approximate surface area is 147 Å². The highest BCUT2D eigenvalue weighted by molar-refractivity contribution is 7.89. The minimum Gasteiger partial charge on any atom is -0.338 e. The molecule has 138 valence electrons. The molecular weight excluding hydrogens is 344 g/mol. The first kappa shape index (κ1) is 19.1. The molecular formula is C15H24N6O3S. The van der Waals surface area contributed by atoms with Gasteiger partial charge in [0.1, 0.15) is 5.52 Å². The average Bonchev–Trinajstić information content (AvgIpc) is 2.95. The third-order valence-electron chi connectivity index (χ3n) is 3.54. The molecule has 0 atom stereocenters. The van der Waals surface area contributed by atoms with Gasteiger partial charge in [0.15, 0.2) is 0 Å². The van der Waals surface area contributed by atoms with Crippen LogP contribution in [0.4, 0.5) is 4.79 Å². The van der Waals surface area contributed by atoms with Gasteiger partial charge in [-0.1, -0.05) is 19.1 Å². The lowest BCUT2D eigenvalue weighted by Gasteiger charge is -2.11. The summed E-state index contributed by atoms with van der Waals surface area (Å²) in [7, 11) is -0.553. The molecule has 0 fully saturated rings. The predicted octanol–water partition coefficient (Wildman–Crippen LogP) is 0.637. The largest absolute Gasteiger partial charge is 0.338 e. The number of amides is 2. The van der Waals surface area contributed by atoms with E-state index in [0.29, 0.717) is 36.6 Å². The number of nitrogens with zero attached hydrogens (tertiary/aromatic N) is 4. The summed E-state index contributed by atoms with van der Waals surface area (Å²) in [6.07, 6.45) is 0. The Morgan fingerprint density at radius 3 is 2.64 bits per heavy atom. The molecule has 2 rings (SSSR count). The fourth-order valence-corrected chi connectivity index (χ4v) is 3.05. The van der Waals surface area contributed by atoms with Crippen LogP contribution in [-0.4, -0.2) is 60.9 Å². The van der Waals surface area contributed by atoms with Crippen molar-refractivity contribution in [2.24, 2.45) is 5.92 Å². The van der Waals surface area contributed by atoms with Crippen LogP contribution in [0.2, 0.25) is 0 Å². The number of carbonyl (C=O) groups excluding carboxylic acids is 1. The second-order valence-electron chi connectivity index (χ2n) is 6.28. The van der Waals surface area contributed by atoms with Crippen molar-refractivity contribution >= 4 is 27.1 Å². The molecule has 1 heterocycles. The number of benzene rings is 1. The highest BCUT2D eigenvalue weighted by atomic mass is 32.2. The Kier molecular flexibility index (Phi) is 5.96. The number of carbonyl (C=O) groups is 1. The standard InChI is InChI=1S/C15H24N6O3S/c1-11(2)10-17-15(22)16-7-8-21-14-6-5-12(9-13(14)18-19-21)25(23,24)20(3)4/h5-6,9,11H,7-8,10H2,1-4H3,(H2,16,17,22). The Morgan fingerprint density at radius 1 is 1.28 bits per heavy atom. The zero-order chi connectivity index (χ0) is 18.6. The van der Waals surface area contributed by atoms with Gasteiger partial charge in [-0.3, -0.25) is 0 Å². The van der Waals surface area contributed by atoms with Crippen molar-refractivity contribution in [1.82, 2.24) is 29.9 Å². The summed E-state index contributed by atoms with van der Waals surface area (Å²) in [4.78, 5) is 11.8. The van der Waals surface area contributed by atoms with Gasteiger partial charge in [0.25, 0.3) is 0 Å². The van der Waals surface area contributed by atoms with Crippen LogP contribution in [0.1, 0.15) is 13.8 Å². The molecule has 25 heavy (non-hydrogen) atoms. The number of hydrogen-bond donors (Lipinski definition) is 2. The Hall–Kier alpha value is -2.20. The van der Waals surface area contributed by atoms with Crippen LogP contribution in [-0.2, 0) is 16.6 Å². The fourth-order valence-electron chi connectivity index (χ4n) is 2.12. The van der Waals surface area contributed by atoms with Crippen LogP contribution in [0.3, 0.4) is 0 Å². The average molecular weight is 368 g/mol. The summed E-state index contributed by atoms with van der Waals surface area (Å²) in [5.41, 5.74) is 1.20. The molecule has 0 unspecified atom stereocenters. The van der Waals surface area contributed by atoms with Crippen LogP contribution >= 0.6 is 0 Å². The molecule has 1 aromatic carbocycles. The first-order valence-electron chi connectivity index (χ1n) is 7.99. The summed E-state index contributed by atoms with van der Waals surface area (Å²) in [5.74, 6) is 0.387. The number of rotatable bonds is 7. The van der Waals surface area contributed by atoms with Crippen molar-refractivity contribution < 1.29 is 13.2 Å². The van der Waals surface area contributed by atoms with Gasteiger partial charge in [-0.15, -0.1) is 5.10 Å². The molecule has 0 aliphatic rings. The molecule has 1 aromatic heterocycles. The van der Waals surface area contributed by atoms with E-state index in [4.69, 9.17) is 0 Å². The van der Waals surface area contributed by atoms with Crippen molar-refractivity contribution in [3.63, 3.8) is 0 Å². The van der Waals surface area contributed by atoms with Gasteiger partial charge in [0.05, 0.1) is 17.0 Å². The molecule has 0 spiro atoms. The predicted molar refractivity (Wildman–Crippen MR) is 94.6 cm³/mol. The van der Waals surface area contributed by atoms with Gasteiger partial charge in [-0.2, -0.15) is 0 Å². The topological polar surface area (TPSA) is 109 Å². The third-order valence-corrected chi connectivity index (χ3v) is 5.36. The molecule has 9 nitrogen and oxygen atoms in total. The lowest BCUT2D eigenvalue weighted by atomic mass is 10.2. The van der Waals surface area contributed by atoms with Gasteiger partial charge in [-0.05, 0) is 24.1 Å². The molecule has 2 amide bonds. The maximum Gasteiger partial charge on any atom is 0.314 e. The molecule has 0 saturated carbocycles. The maximum absolute atomic E-state index is 12.2. The number of aromatic nitrogens is 3. The van der Waals surface area contributed by atoms with E-state index in [1.165, 1.54) is 26.2 Å². The molecule has 0 aliphatic carbocycles. The highest BCUT2D eigenvalue weighted by Gasteiger charge is 2.18. The van der Waals surface area contributed by atoms with E-state index < -0.39 is 10.0 Å². The highest BCUT2D eigenvalue weighted by Crippen LogP contribution is 2.19. The first-order valence-corrected chi connectivity index (χ1v) is 9.43. The van der Waals surface area contributed by atoms with Crippen molar-refractivity contribution in [1.29, 1.82) is 0 Å². The van der Waals surface area contributed by atoms with Gasteiger partial charge < -0.3 is 10.6 Å². The number of urea groups is 1. The Balaban J connectivity index is 2.03. The van der Waals surface area contributed by atoms with E-state index in [9.17, 15) is 13.2 Å². The zero-order valence-corrected chi connectivity index (χ0v) is 15.7. The number of hydrogen-bond acceptors (Lipinski definition) is 5. The van der Waals surface area contributed by atoms with Crippen molar-refractivity contribution in [2.75, 3.05) is 27.2 Å². The molecule has 2 N–H and O–H groups in total. The second kappa shape index (κ2) is 7.79. The third kappa shape index (κ3) is 4.67. The van der Waals surface area contributed by atoms with E-state index in [1.807, 2.05) is 13.8 Å². The van der Waals surface area contributed by atoms with Crippen molar-refractivity contribution in [3.05, 3.63) is 18.2 Å². The van der Waals surface area contributed by atoms with Crippen LogP contribution in [0.25, 0.3) is 11.0 Å². The van der Waals surface area contributed by atoms with E-state index in [0.717, 1.165) is 4.31 Å². The lowest BCUT2D eigenvalue weighted by molar-refractivity contribution is 0.239. The minimum atomic E-state index is -3.51. The summed E-state index contributed by atoms with van der Waals surface area (Å²) >= 11 is 0. The van der Waals surface area contributed by atoms with Crippen LogP contribution in [0.5, 0.6) is 0 Å². The first-order chi connectivity index (χ1) is 11.7. The SMILES string of the molecule is CC(C)CNC(=O)NCCn1nnc2cc(S(=O)(=O)N(C)C)ccc21. The van der Waals surface area contributed by atoms with Gasteiger partial charge in [0, 0.05) is 27.2 Å². The summed E-state index contributed by atoms with van der Waals surface area (Å²) in [6.45, 7) is 5.48. The normalized spacial score (nSPS) is 12.1. The second-order valence-corrected chi connectivity index (χ2v) is 8.43. The molecule has 0 saturated heterocycles. The monoisotopic (exact) mass is 368 g/mol. The van der Waals surface area contributed by atoms with Crippen LogP contribution in [0.15, 0.2) is 23.1 Å². The Morgan fingerprint density at radius 2 is 2.00 bits per heavy atom. The van der Waals surface area contributed by atoms with Gasteiger partial charge in [-0.25, -0.2) is 22.2 Å². The van der Waals surface area contributed by atoms with E-state index >= 15 is 0 Å². The molecule has 0 radical (unpaired) electrons. The van der Waals surface area contributed by atoms with E-state index in [1.54, 1.807) is 10.7 Å². The Bertz CT molecular complexity index is 844. The van der Waals surface area contributed by atoms with Crippen LogP contribution < -0.4 is 10.6 Å². The minimum absolute atomic E-state index is 0.170. The van der Waals surface area contributed by atoms with Crippen molar-refractivity contribution in [2.45, 2.75) is 25.3 Å². The number of fused-ring (bicyclic) bond motifs is 1. The maximum atomic E-state index is 12.2. The zero-order valence-electron chi connectivity index (χ0n) is 14.9. The van der Waals surface area contributed by atoms with Crippen LogP contribution in [0, 0.1) is 5.92 Å². The van der Waals surface area contributed by atoms with Crippen molar-refractivity contribution in [3.8, 4) is 0 Å². The van der Waals surface area contributed by atoms with E-state index in [2.05, 4.69) is 20.9 Å². The summed E-state index contributed by atoms with van der Waals surface area (Å²) < 4.78 is 27.1. The fraction of sp³-hybridized carbons (Fsp3) is 0.533. The van der Waals surface area contributed by atoms with Gasteiger partial charge >= 0.3 is 6.03 Å². The molecule has 2 aromatic rings. The molecule has 10 heteroatoms. The molecule has 0 aliphatic heterocycles. The number of nitrogens with one attached hydrogen (secondary N) is 2. The molecule has 0 bridgehead atoms. The van der Waals surface area contributed by atoms with E-state index in [-0.39, 0.29) is 10.9 Å². The quantitative estimate of drug-likeness (QED) is 0.745. The lowest BCUT2D eigenvalue weighted by Crippen LogP contribution is -2.38. The van der Waals surface area contributed by atoms with Gasteiger partial charge in [0.2, 0.25) is 10.0 Å². The summed E-state index contributed by atoms with van der Waals surface area (Å²) in [6, 6.07) is 4.47. The smallest absolute Gasteiger partial charge is 0.314 e. The summed E-state index contributed by atoms with van der Waals surface area (Å²) in [5, 5.41) is 13.5.